The minimum atomic E-state index is -2.78. The second kappa shape index (κ2) is 13.3. The lowest BCUT2D eigenvalue weighted by molar-refractivity contribution is -0.113. The fourth-order valence-corrected chi connectivity index (χ4v) is 18.6. The smallest absolute Gasteiger partial charge is 0.349 e. The highest BCUT2D eigenvalue weighted by Gasteiger charge is 2.64. The molecule has 1 aromatic carbocycles. The first-order chi connectivity index (χ1) is 20.9. The Kier molecular flexibility index (Phi) is 10.6. The van der Waals surface area contributed by atoms with Gasteiger partial charge in [-0.3, -0.25) is 4.79 Å². The molecular formula is C37H59NO5Si2. The minimum Gasteiger partial charge on any atom is -0.485 e. The van der Waals surface area contributed by atoms with Crippen LogP contribution in [0.15, 0.2) is 53.5 Å². The predicted molar refractivity (Wildman–Crippen MR) is 190 cm³/mol. The van der Waals surface area contributed by atoms with Gasteiger partial charge in [-0.05, 0) is 46.3 Å². The molecule has 0 radical (unpaired) electrons. The van der Waals surface area contributed by atoms with Crippen LogP contribution in [0.1, 0.15) is 107 Å². The number of hydrogen-bond donors (Lipinski definition) is 0. The number of rotatable bonds is 9. The summed E-state index contributed by atoms with van der Waals surface area (Å²) < 4.78 is 30.2. The van der Waals surface area contributed by atoms with Crippen molar-refractivity contribution in [1.82, 2.24) is 4.57 Å². The Morgan fingerprint density at radius 1 is 0.889 bits per heavy atom. The summed E-state index contributed by atoms with van der Waals surface area (Å²) in [7, 11) is -5.08. The van der Waals surface area contributed by atoms with Crippen LogP contribution in [0.3, 0.4) is 0 Å². The van der Waals surface area contributed by atoms with E-state index in [0.29, 0.717) is 29.8 Å². The second-order valence-corrected chi connectivity index (χ2v) is 26.3. The molecule has 0 N–H and O–H groups in total. The van der Waals surface area contributed by atoms with Crippen LogP contribution in [0.2, 0.25) is 26.7 Å². The summed E-state index contributed by atoms with van der Waals surface area (Å²) in [5.41, 5.74) is 4.45. The Hall–Kier alpha value is -1.98. The maximum absolute atomic E-state index is 13.0. The quantitative estimate of drug-likeness (QED) is 0.253. The maximum atomic E-state index is 13.0. The van der Waals surface area contributed by atoms with Crippen molar-refractivity contribution >= 4 is 22.6 Å². The molecule has 2 aliphatic rings. The molecule has 0 unspecified atom stereocenters. The topological polar surface area (TPSA) is 58.9 Å². The molecular weight excluding hydrogens is 595 g/mol. The molecule has 0 saturated carbocycles. The van der Waals surface area contributed by atoms with E-state index in [-0.39, 0.29) is 33.9 Å². The highest BCUT2D eigenvalue weighted by molar-refractivity contribution is 6.77. The molecule has 2 aliphatic heterocycles. The normalized spacial score (nSPS) is 22.4. The van der Waals surface area contributed by atoms with E-state index in [4.69, 9.17) is 18.0 Å². The van der Waals surface area contributed by atoms with E-state index in [1.165, 1.54) is 5.56 Å². The summed E-state index contributed by atoms with van der Waals surface area (Å²) in [6.45, 7) is 30.5. The van der Waals surface area contributed by atoms with Crippen LogP contribution >= 0.6 is 0 Å². The number of ether oxygens (including phenoxy) is 1. The molecule has 3 atom stereocenters. The molecule has 8 heteroatoms. The molecule has 1 saturated heterocycles. The summed E-state index contributed by atoms with van der Waals surface area (Å²) in [6, 6.07) is 12.0. The van der Waals surface area contributed by atoms with Crippen LogP contribution < -0.4 is 5.56 Å². The van der Waals surface area contributed by atoms with Gasteiger partial charge in [0.25, 0.3) is 5.56 Å². The van der Waals surface area contributed by atoms with Crippen molar-refractivity contribution in [2.24, 2.45) is 0 Å². The summed E-state index contributed by atoms with van der Waals surface area (Å²) >= 11 is 0. The Morgan fingerprint density at radius 2 is 1.44 bits per heavy atom. The average Bonchev–Trinajstić information content (AvgIpc) is 2.95. The highest BCUT2D eigenvalue weighted by Crippen LogP contribution is 2.56. The Balaban J connectivity index is 1.81. The zero-order valence-electron chi connectivity index (χ0n) is 30.2. The van der Waals surface area contributed by atoms with Crippen molar-refractivity contribution in [3.05, 3.63) is 75.7 Å². The monoisotopic (exact) mass is 653 g/mol. The molecule has 0 aliphatic carbocycles. The number of aromatic nitrogens is 1. The van der Waals surface area contributed by atoms with Crippen molar-refractivity contribution in [2.75, 3.05) is 6.61 Å². The van der Waals surface area contributed by atoms with Crippen LogP contribution in [0.4, 0.5) is 0 Å². The fourth-order valence-electron chi connectivity index (χ4n) is 8.12. The van der Waals surface area contributed by atoms with E-state index in [0.717, 1.165) is 23.3 Å². The van der Waals surface area contributed by atoms with Gasteiger partial charge in [-0.15, -0.1) is 0 Å². The van der Waals surface area contributed by atoms with Crippen molar-refractivity contribution in [2.45, 2.75) is 148 Å². The second-order valence-electron chi connectivity index (χ2n) is 16.2. The molecule has 45 heavy (non-hydrogen) atoms. The van der Waals surface area contributed by atoms with Gasteiger partial charge in [0.05, 0.1) is 19.3 Å². The van der Waals surface area contributed by atoms with Gasteiger partial charge in [0.2, 0.25) is 8.32 Å². The van der Waals surface area contributed by atoms with Crippen LogP contribution in [-0.4, -0.2) is 46.4 Å². The van der Waals surface area contributed by atoms with Gasteiger partial charge < -0.3 is 22.6 Å². The van der Waals surface area contributed by atoms with Gasteiger partial charge in [0.1, 0.15) is 18.0 Å². The first-order valence-electron chi connectivity index (χ1n) is 17.0. The third kappa shape index (κ3) is 6.87. The number of aryl methyl sites for hydroxylation is 1. The van der Waals surface area contributed by atoms with E-state index < -0.39 is 16.9 Å². The SMILES string of the molecule is CCc1ccc(Cn2cc(C3=C[C@@H](O[Si](C(C)C)(C(C)C)C(C)C)[C@@H]4O[Si](C(C)(C)C)(C(C)(C)C)OC[C@H]4O3)ccc2=O)cc1. The van der Waals surface area contributed by atoms with Crippen molar-refractivity contribution in [1.29, 1.82) is 0 Å². The van der Waals surface area contributed by atoms with Crippen molar-refractivity contribution < 1.29 is 18.0 Å². The average molecular weight is 654 g/mol. The van der Waals surface area contributed by atoms with Crippen LogP contribution in [-0.2, 0) is 31.0 Å². The van der Waals surface area contributed by atoms with Gasteiger partial charge in [-0.2, -0.15) is 0 Å². The molecule has 1 aromatic heterocycles. The van der Waals surface area contributed by atoms with Crippen LogP contribution in [0, 0.1) is 0 Å². The lowest BCUT2D eigenvalue weighted by atomic mass is 10.0. The summed E-state index contributed by atoms with van der Waals surface area (Å²) in [6.07, 6.45) is 4.17. The van der Waals surface area contributed by atoms with Gasteiger partial charge >= 0.3 is 8.56 Å². The first-order valence-corrected chi connectivity index (χ1v) is 21.0. The summed E-state index contributed by atoms with van der Waals surface area (Å²) in [5.74, 6) is 0.725. The first kappa shape index (κ1) is 35.9. The maximum Gasteiger partial charge on any atom is 0.349 e. The Bertz CT molecular complexity index is 1360. The van der Waals surface area contributed by atoms with Crippen LogP contribution in [0.25, 0.3) is 5.76 Å². The van der Waals surface area contributed by atoms with E-state index >= 15 is 0 Å². The molecule has 4 rings (SSSR count). The lowest BCUT2D eigenvalue weighted by Gasteiger charge is -2.57. The third-order valence-corrected chi connectivity index (χ3v) is 21.3. The standard InChI is InChI=1S/C37H59NO5Si2/c1-14-28-15-17-29(18-16-28)22-38-23-30(19-20-34(38)39)31-21-32(42-44(25(2)3,26(4)5)27(6)7)35-33(41-31)24-40-45(43-35,36(8,9)10)37(11,12)13/h15-21,23,25-27,32-33,35H,14,22,24H2,1-13H3/t32-,33-,35+/m1/s1. The van der Waals surface area contributed by atoms with Crippen molar-refractivity contribution in [3.63, 3.8) is 0 Å². The van der Waals surface area contributed by atoms with E-state index in [1.54, 1.807) is 10.6 Å². The van der Waals surface area contributed by atoms with E-state index in [1.807, 2.05) is 12.3 Å². The number of hydrogen-bond acceptors (Lipinski definition) is 5. The number of fused-ring (bicyclic) bond motifs is 1. The molecule has 2 aromatic rings. The lowest BCUT2D eigenvalue weighted by Crippen LogP contribution is -2.68. The van der Waals surface area contributed by atoms with Crippen LogP contribution in [0.5, 0.6) is 0 Å². The molecule has 3 heterocycles. The fraction of sp³-hybridized carbons (Fsp3) is 0.649. The molecule has 1 fully saturated rings. The zero-order chi connectivity index (χ0) is 33.5. The molecule has 0 spiro atoms. The summed E-state index contributed by atoms with van der Waals surface area (Å²) in [4.78, 5) is 13.0. The van der Waals surface area contributed by atoms with Gasteiger partial charge in [0.15, 0.2) is 0 Å². The van der Waals surface area contributed by atoms with E-state index in [2.05, 4.69) is 120 Å². The van der Waals surface area contributed by atoms with Gasteiger partial charge in [-0.1, -0.05) is 114 Å². The number of benzene rings is 1. The molecule has 250 valence electrons. The highest BCUT2D eigenvalue weighted by atomic mass is 28.4. The molecule has 0 bridgehead atoms. The molecule has 0 amide bonds. The van der Waals surface area contributed by atoms with Gasteiger partial charge in [-0.25, -0.2) is 0 Å². The number of pyridine rings is 1. The zero-order valence-corrected chi connectivity index (χ0v) is 32.2. The third-order valence-electron chi connectivity index (χ3n) is 10.1. The molecule has 6 nitrogen and oxygen atoms in total. The Labute approximate surface area is 274 Å². The minimum absolute atomic E-state index is 0.0401. The van der Waals surface area contributed by atoms with Crippen molar-refractivity contribution in [3.8, 4) is 0 Å². The van der Waals surface area contributed by atoms with Gasteiger partial charge in [0, 0.05) is 27.9 Å². The van der Waals surface area contributed by atoms with E-state index in [9.17, 15) is 4.79 Å². The predicted octanol–water partition coefficient (Wildman–Crippen LogP) is 9.22. The Morgan fingerprint density at radius 3 is 1.96 bits per heavy atom. The number of nitrogens with zero attached hydrogens (tertiary/aromatic N) is 1. The largest absolute Gasteiger partial charge is 0.485 e. The summed E-state index contributed by atoms with van der Waals surface area (Å²) in [5, 5.41) is -0.309.